The summed E-state index contributed by atoms with van der Waals surface area (Å²) in [6, 6.07) is 11.1. The number of amides is 1. The Morgan fingerprint density at radius 2 is 1.90 bits per heavy atom. The van der Waals surface area contributed by atoms with Crippen LogP contribution in [0, 0.1) is 0 Å². The molecule has 158 valence electrons. The van der Waals surface area contributed by atoms with Crippen LogP contribution in [0.1, 0.15) is 18.4 Å². The van der Waals surface area contributed by atoms with Crippen molar-refractivity contribution in [3.63, 3.8) is 0 Å². The molecule has 0 bridgehead atoms. The van der Waals surface area contributed by atoms with Crippen molar-refractivity contribution in [2.24, 2.45) is 4.99 Å². The first-order valence-corrected chi connectivity index (χ1v) is 10.3. The highest BCUT2D eigenvalue weighted by Gasteiger charge is 2.27. The number of pyridine rings is 1. The van der Waals surface area contributed by atoms with E-state index in [2.05, 4.69) is 25.9 Å². The minimum atomic E-state index is -0.905. The van der Waals surface area contributed by atoms with Gasteiger partial charge < -0.3 is 19.6 Å². The molecule has 0 radical (unpaired) electrons. The number of methoxy groups -OCH3 is 1. The number of piperazine rings is 1. The van der Waals surface area contributed by atoms with Gasteiger partial charge in [0.1, 0.15) is 11.7 Å². The Balaban J connectivity index is 1.85. The van der Waals surface area contributed by atoms with Crippen LogP contribution in [0.25, 0.3) is 0 Å². The van der Waals surface area contributed by atoms with E-state index in [0.717, 1.165) is 15.9 Å². The average Bonchev–Trinajstić information content (AvgIpc) is 2.75. The van der Waals surface area contributed by atoms with E-state index in [-0.39, 0.29) is 5.97 Å². The highest BCUT2D eigenvalue weighted by atomic mass is 79.9. The van der Waals surface area contributed by atoms with Crippen molar-refractivity contribution in [1.29, 1.82) is 0 Å². The van der Waals surface area contributed by atoms with E-state index >= 15 is 0 Å². The van der Waals surface area contributed by atoms with Crippen LogP contribution < -0.4 is 4.90 Å². The lowest BCUT2D eigenvalue weighted by Gasteiger charge is -2.33. The number of anilines is 1. The van der Waals surface area contributed by atoms with E-state index in [1.165, 1.54) is 12.0 Å². The number of carboxylic acid groups (broad SMARTS) is 1. The fourth-order valence-corrected chi connectivity index (χ4v) is 3.91. The zero-order valence-corrected chi connectivity index (χ0v) is 18.4. The first-order chi connectivity index (χ1) is 14.4. The van der Waals surface area contributed by atoms with Crippen molar-refractivity contribution in [3.8, 4) is 0 Å². The number of aromatic nitrogens is 1. The summed E-state index contributed by atoms with van der Waals surface area (Å²) in [4.78, 5) is 36.1. The molecule has 0 aliphatic carbocycles. The molecule has 1 unspecified atom stereocenters. The molecule has 3 rings (SSSR count). The molecule has 1 aromatic heterocycles. The maximum absolute atomic E-state index is 12.5. The average molecular weight is 475 g/mol. The van der Waals surface area contributed by atoms with Crippen LogP contribution >= 0.6 is 15.9 Å². The maximum atomic E-state index is 12.5. The van der Waals surface area contributed by atoms with Gasteiger partial charge in [-0.1, -0.05) is 34.1 Å². The van der Waals surface area contributed by atoms with Gasteiger partial charge in [-0.25, -0.2) is 9.78 Å². The molecule has 0 spiro atoms. The summed E-state index contributed by atoms with van der Waals surface area (Å²) >= 11 is 3.50. The van der Waals surface area contributed by atoms with Gasteiger partial charge in [0.2, 0.25) is 0 Å². The van der Waals surface area contributed by atoms with Gasteiger partial charge in [0.25, 0.3) is 0 Å². The topological polar surface area (TPSA) is 95.3 Å². The van der Waals surface area contributed by atoms with Gasteiger partial charge in [-0.3, -0.25) is 9.79 Å². The first kappa shape index (κ1) is 21.8. The van der Waals surface area contributed by atoms with Crippen molar-refractivity contribution >= 4 is 45.2 Å². The fourth-order valence-electron chi connectivity index (χ4n) is 3.39. The van der Waals surface area contributed by atoms with Crippen LogP contribution in [-0.2, 0) is 9.53 Å². The van der Waals surface area contributed by atoms with Crippen LogP contribution in [0.15, 0.2) is 52.1 Å². The molecule has 1 atom stereocenters. The normalized spacial score (nSPS) is 15.6. The van der Waals surface area contributed by atoms with Crippen LogP contribution in [0.2, 0.25) is 0 Å². The summed E-state index contributed by atoms with van der Waals surface area (Å²) in [6.45, 7) is 3.78. The number of halogens is 1. The molecule has 1 amide bonds. The molecule has 1 aliphatic heterocycles. The van der Waals surface area contributed by atoms with Crippen molar-refractivity contribution in [1.82, 2.24) is 9.88 Å². The minimum Gasteiger partial charge on any atom is -0.468 e. The van der Waals surface area contributed by atoms with Gasteiger partial charge in [0.05, 0.1) is 12.8 Å². The molecule has 30 heavy (non-hydrogen) atoms. The lowest BCUT2D eigenvalue weighted by Crippen LogP contribution is -2.48. The lowest BCUT2D eigenvalue weighted by molar-refractivity contribution is -0.140. The third kappa shape index (κ3) is 4.96. The Morgan fingerprint density at radius 1 is 1.20 bits per heavy atom. The quantitative estimate of drug-likeness (QED) is 0.524. The molecular weight excluding hydrogens is 452 g/mol. The number of aliphatic imine (C=N–C) groups is 1. The van der Waals surface area contributed by atoms with Crippen molar-refractivity contribution < 1.29 is 19.4 Å². The molecule has 9 heteroatoms. The largest absolute Gasteiger partial charge is 0.468 e. The first-order valence-electron chi connectivity index (χ1n) is 9.47. The predicted octanol–water partition coefficient (Wildman–Crippen LogP) is 3.69. The third-order valence-electron chi connectivity index (χ3n) is 4.98. The standard InChI is InChI=1S/C21H23BrN4O4/c1-14(19(20(27)30-2)16-5-3-4-6-17(16)22)24-15-7-8-23-18(13-15)25-9-11-26(12-10-25)21(28)29/h3-8,13,19H,9-12H2,1-2H3,(H,28,29). The number of hydrogen-bond donors (Lipinski definition) is 1. The van der Waals surface area contributed by atoms with E-state index in [9.17, 15) is 9.59 Å². The maximum Gasteiger partial charge on any atom is 0.407 e. The number of nitrogens with zero attached hydrogens (tertiary/aromatic N) is 4. The van der Waals surface area contributed by atoms with E-state index in [1.807, 2.05) is 35.2 Å². The molecule has 1 fully saturated rings. The monoisotopic (exact) mass is 474 g/mol. The van der Waals surface area contributed by atoms with Gasteiger partial charge in [0.15, 0.2) is 0 Å². The van der Waals surface area contributed by atoms with Gasteiger partial charge in [-0.15, -0.1) is 0 Å². The highest BCUT2D eigenvalue weighted by Crippen LogP contribution is 2.29. The van der Waals surface area contributed by atoms with Crippen LogP contribution in [0.3, 0.4) is 0 Å². The van der Waals surface area contributed by atoms with Gasteiger partial charge >= 0.3 is 12.1 Å². The number of esters is 1. The summed E-state index contributed by atoms with van der Waals surface area (Å²) in [6.07, 6.45) is 0.758. The van der Waals surface area contributed by atoms with E-state index in [0.29, 0.717) is 37.6 Å². The minimum absolute atomic E-state index is 0.387. The number of carbonyl (C=O) groups is 2. The smallest absolute Gasteiger partial charge is 0.407 e. The Hall–Kier alpha value is -2.94. The Labute approximate surface area is 183 Å². The van der Waals surface area contributed by atoms with Crippen molar-refractivity contribution in [2.45, 2.75) is 12.8 Å². The fraction of sp³-hybridized carbons (Fsp3) is 0.333. The Bertz CT molecular complexity index is 958. The summed E-state index contributed by atoms with van der Waals surface area (Å²) in [5.74, 6) is -0.298. The summed E-state index contributed by atoms with van der Waals surface area (Å²) in [5, 5.41) is 9.10. The summed E-state index contributed by atoms with van der Waals surface area (Å²) < 4.78 is 5.82. The van der Waals surface area contributed by atoms with E-state index in [4.69, 9.17) is 9.84 Å². The molecule has 1 aromatic carbocycles. The molecular formula is C21H23BrN4O4. The van der Waals surface area contributed by atoms with Crippen LogP contribution in [0.4, 0.5) is 16.3 Å². The second-order valence-electron chi connectivity index (χ2n) is 6.86. The highest BCUT2D eigenvalue weighted by molar-refractivity contribution is 9.10. The van der Waals surface area contributed by atoms with Gasteiger partial charge in [-0.2, -0.15) is 0 Å². The number of rotatable bonds is 5. The van der Waals surface area contributed by atoms with Crippen molar-refractivity contribution in [2.75, 3.05) is 38.2 Å². The molecule has 2 heterocycles. The molecule has 1 saturated heterocycles. The predicted molar refractivity (Wildman–Crippen MR) is 118 cm³/mol. The molecule has 0 saturated carbocycles. The second-order valence-corrected chi connectivity index (χ2v) is 7.71. The Morgan fingerprint density at radius 3 is 2.53 bits per heavy atom. The van der Waals surface area contributed by atoms with Crippen LogP contribution in [-0.4, -0.2) is 66.1 Å². The van der Waals surface area contributed by atoms with Crippen LogP contribution in [0.5, 0.6) is 0 Å². The number of ether oxygens (including phenoxy) is 1. The molecule has 2 aromatic rings. The van der Waals surface area contributed by atoms with Crippen molar-refractivity contribution in [3.05, 3.63) is 52.6 Å². The number of carbonyl (C=O) groups excluding carboxylic acids is 1. The number of benzene rings is 1. The van der Waals surface area contributed by atoms with E-state index in [1.54, 1.807) is 19.2 Å². The molecule has 1 aliphatic rings. The summed E-state index contributed by atoms with van der Waals surface area (Å²) in [7, 11) is 1.36. The third-order valence-corrected chi connectivity index (χ3v) is 5.70. The zero-order chi connectivity index (χ0) is 21.7. The zero-order valence-electron chi connectivity index (χ0n) is 16.8. The number of hydrogen-bond acceptors (Lipinski definition) is 6. The van der Waals surface area contributed by atoms with E-state index < -0.39 is 12.0 Å². The Kier molecular flexibility index (Phi) is 7.04. The summed E-state index contributed by atoms with van der Waals surface area (Å²) in [5.41, 5.74) is 2.05. The second kappa shape index (κ2) is 9.71. The lowest BCUT2D eigenvalue weighted by atomic mass is 9.95. The van der Waals surface area contributed by atoms with Gasteiger partial charge in [0, 0.05) is 48.6 Å². The molecule has 8 nitrogen and oxygen atoms in total. The van der Waals surface area contributed by atoms with Gasteiger partial charge in [-0.05, 0) is 24.6 Å². The molecule has 1 N–H and O–H groups in total. The SMILES string of the molecule is COC(=O)C(C(C)=Nc1ccnc(N2CCN(C(=O)O)CC2)c1)c1ccccc1Br.